The van der Waals surface area contributed by atoms with Gasteiger partial charge in [-0.2, -0.15) is 0 Å². The molecule has 0 fully saturated rings. The Hall–Kier alpha value is -2.60. The van der Waals surface area contributed by atoms with E-state index >= 15 is 0 Å². The van der Waals surface area contributed by atoms with Gasteiger partial charge in [0.05, 0.1) is 11.4 Å². The van der Waals surface area contributed by atoms with Crippen molar-refractivity contribution in [2.75, 3.05) is 11.0 Å². The summed E-state index contributed by atoms with van der Waals surface area (Å²) in [5, 5.41) is 16.2. The third-order valence-electron chi connectivity index (χ3n) is 1.29. The monoisotopic (exact) mass is 190 g/mol. The summed E-state index contributed by atoms with van der Waals surface area (Å²) in [7, 11) is 0. The van der Waals surface area contributed by atoms with E-state index in [9.17, 15) is 0 Å². The average molecular weight is 190 g/mol. The average Bonchev–Trinajstić information content (AvgIpc) is 2.24. The van der Waals surface area contributed by atoms with Crippen molar-refractivity contribution in [1.82, 2.24) is 0 Å². The first-order valence-corrected chi connectivity index (χ1v) is 3.59. The first-order valence-electron chi connectivity index (χ1n) is 3.59. The van der Waals surface area contributed by atoms with Crippen molar-refractivity contribution in [2.45, 2.75) is 0 Å². The van der Waals surface area contributed by atoms with Gasteiger partial charge in [0.15, 0.2) is 0 Å². The highest BCUT2D eigenvalue weighted by molar-refractivity contribution is 5.54. The Morgan fingerprint density at radius 1 is 1.00 bits per heavy atom. The lowest BCUT2D eigenvalue weighted by Gasteiger charge is -2.04. The Bertz CT molecular complexity index is 346. The highest BCUT2D eigenvalue weighted by atomic mass is 16.6. The lowest BCUT2D eigenvalue weighted by Crippen LogP contribution is -1.98. The topological polar surface area (TPSA) is 90.1 Å². The summed E-state index contributed by atoms with van der Waals surface area (Å²) in [4.78, 5) is 8.60. The number of rotatable bonds is 4. The Balaban J connectivity index is 2.61. The van der Waals surface area contributed by atoms with Crippen molar-refractivity contribution in [1.29, 1.82) is 10.5 Å². The van der Waals surface area contributed by atoms with E-state index in [1.807, 2.05) is 0 Å². The highest BCUT2D eigenvalue weighted by Crippen LogP contribution is 2.14. The van der Waals surface area contributed by atoms with E-state index in [-0.39, 0.29) is 0 Å². The van der Waals surface area contributed by atoms with Crippen LogP contribution >= 0.6 is 0 Å². The van der Waals surface area contributed by atoms with Crippen LogP contribution in [-0.4, -0.2) is 0 Å². The maximum absolute atomic E-state index is 8.12. The zero-order valence-electron chi connectivity index (χ0n) is 7.02. The molecule has 0 saturated carbocycles. The van der Waals surface area contributed by atoms with E-state index in [1.54, 1.807) is 24.3 Å². The molecule has 0 atom stereocenters. The van der Waals surface area contributed by atoms with Gasteiger partial charge in [-0.1, -0.05) is 6.07 Å². The molecule has 1 rings (SSSR count). The second-order valence-electron chi connectivity index (χ2n) is 2.17. The van der Waals surface area contributed by atoms with E-state index in [0.29, 0.717) is 11.4 Å². The Kier molecular flexibility index (Phi) is 3.47. The SMILES string of the molecule is N#CONc1cccc(NOC#N)c1. The minimum Gasteiger partial charge on any atom is -0.302 e. The molecule has 6 heteroatoms. The van der Waals surface area contributed by atoms with Crippen LogP contribution < -0.4 is 11.0 Å². The molecule has 0 spiro atoms. The molecule has 2 N–H and O–H groups in total. The summed E-state index contributed by atoms with van der Waals surface area (Å²) in [5.74, 6) is 0. The first kappa shape index (κ1) is 9.49. The van der Waals surface area contributed by atoms with Gasteiger partial charge in [-0.15, -0.1) is 10.5 Å². The minimum atomic E-state index is 0.568. The van der Waals surface area contributed by atoms with Gasteiger partial charge in [0.1, 0.15) is 0 Å². The van der Waals surface area contributed by atoms with E-state index < -0.39 is 0 Å². The van der Waals surface area contributed by atoms with Crippen LogP contribution in [0.5, 0.6) is 0 Å². The second-order valence-corrected chi connectivity index (χ2v) is 2.17. The quantitative estimate of drug-likeness (QED) is 0.550. The highest BCUT2D eigenvalue weighted by Gasteiger charge is 1.94. The summed E-state index contributed by atoms with van der Waals surface area (Å²) < 4.78 is 0. The van der Waals surface area contributed by atoms with Crippen LogP contribution in [0.4, 0.5) is 11.4 Å². The lowest BCUT2D eigenvalue weighted by molar-refractivity contribution is 0.351. The molecule has 0 radical (unpaired) electrons. The van der Waals surface area contributed by atoms with Gasteiger partial charge < -0.3 is 9.68 Å². The third-order valence-corrected chi connectivity index (χ3v) is 1.29. The van der Waals surface area contributed by atoms with Crippen molar-refractivity contribution < 1.29 is 9.68 Å². The molecule has 0 saturated heterocycles. The maximum atomic E-state index is 8.12. The van der Waals surface area contributed by atoms with Crippen LogP contribution in [0.2, 0.25) is 0 Å². The van der Waals surface area contributed by atoms with E-state index in [1.165, 1.54) is 12.5 Å². The number of hydrogen-bond donors (Lipinski definition) is 2. The maximum Gasteiger partial charge on any atom is 0.314 e. The standard InChI is InChI=1S/C8H6N4O2/c9-5-13-11-7-2-1-3-8(4-7)12-14-6-10/h1-4,11-12H. The van der Waals surface area contributed by atoms with Gasteiger partial charge in [-0.3, -0.25) is 0 Å². The molecule has 14 heavy (non-hydrogen) atoms. The summed E-state index contributed by atoms with van der Waals surface area (Å²) in [5.41, 5.74) is 5.88. The smallest absolute Gasteiger partial charge is 0.302 e. The number of hydrogen-bond acceptors (Lipinski definition) is 6. The van der Waals surface area contributed by atoms with Crippen molar-refractivity contribution >= 4 is 11.4 Å². The molecule has 0 amide bonds. The van der Waals surface area contributed by atoms with Crippen LogP contribution in [-0.2, 0) is 9.68 Å². The van der Waals surface area contributed by atoms with Gasteiger partial charge in [-0.05, 0) is 18.2 Å². The summed E-state index contributed by atoms with van der Waals surface area (Å²) in [6.07, 6.45) is 2.93. The van der Waals surface area contributed by atoms with Crippen LogP contribution in [0.3, 0.4) is 0 Å². The van der Waals surface area contributed by atoms with Gasteiger partial charge in [0.2, 0.25) is 0 Å². The van der Waals surface area contributed by atoms with Crippen LogP contribution in [0.15, 0.2) is 24.3 Å². The van der Waals surface area contributed by atoms with Crippen molar-refractivity contribution in [2.24, 2.45) is 0 Å². The predicted molar refractivity (Wildman–Crippen MR) is 47.1 cm³/mol. The summed E-state index contributed by atoms with van der Waals surface area (Å²) in [6.45, 7) is 0. The summed E-state index contributed by atoms with van der Waals surface area (Å²) >= 11 is 0. The molecule has 6 nitrogen and oxygen atoms in total. The minimum absolute atomic E-state index is 0.568. The van der Waals surface area contributed by atoms with E-state index in [4.69, 9.17) is 10.5 Å². The number of nitriles is 2. The molecular weight excluding hydrogens is 184 g/mol. The van der Waals surface area contributed by atoms with Gasteiger partial charge in [-0.25, -0.2) is 11.0 Å². The zero-order chi connectivity index (χ0) is 10.2. The lowest BCUT2D eigenvalue weighted by atomic mass is 10.3. The molecule has 70 valence electrons. The fraction of sp³-hybridized carbons (Fsp3) is 0. The number of nitrogens with zero attached hydrogens (tertiary/aromatic N) is 2. The molecule has 0 aliphatic carbocycles. The molecule has 0 aromatic heterocycles. The number of benzene rings is 1. The van der Waals surface area contributed by atoms with Gasteiger partial charge in [0.25, 0.3) is 0 Å². The van der Waals surface area contributed by atoms with Gasteiger partial charge in [0, 0.05) is 0 Å². The molecule has 0 unspecified atom stereocenters. The number of nitrogens with one attached hydrogen (secondary N) is 2. The number of anilines is 2. The molecule has 0 aliphatic rings. The Morgan fingerprint density at radius 2 is 1.50 bits per heavy atom. The largest absolute Gasteiger partial charge is 0.314 e. The van der Waals surface area contributed by atoms with Gasteiger partial charge >= 0.3 is 12.5 Å². The van der Waals surface area contributed by atoms with Crippen molar-refractivity contribution in [3.8, 4) is 12.5 Å². The van der Waals surface area contributed by atoms with Crippen LogP contribution in [0.1, 0.15) is 0 Å². The molecule has 1 aromatic rings. The molecule has 0 bridgehead atoms. The molecule has 1 aromatic carbocycles. The second kappa shape index (κ2) is 5.12. The molecule has 0 heterocycles. The fourth-order valence-electron chi connectivity index (χ4n) is 0.810. The van der Waals surface area contributed by atoms with Crippen molar-refractivity contribution in [3.63, 3.8) is 0 Å². The third kappa shape index (κ3) is 2.80. The summed E-state index contributed by atoms with van der Waals surface area (Å²) in [6, 6.07) is 6.69. The van der Waals surface area contributed by atoms with E-state index in [0.717, 1.165) is 0 Å². The Labute approximate surface area is 80.2 Å². The molecular formula is C8H6N4O2. The predicted octanol–water partition coefficient (Wildman–Crippen LogP) is 1.34. The normalized spacial score (nSPS) is 7.86. The van der Waals surface area contributed by atoms with E-state index in [2.05, 4.69) is 20.6 Å². The fourth-order valence-corrected chi connectivity index (χ4v) is 0.810. The van der Waals surface area contributed by atoms with Crippen molar-refractivity contribution in [3.05, 3.63) is 24.3 Å². The zero-order valence-corrected chi connectivity index (χ0v) is 7.02. The van der Waals surface area contributed by atoms with Crippen LogP contribution in [0, 0.1) is 23.0 Å². The Morgan fingerprint density at radius 3 is 1.93 bits per heavy atom. The molecule has 0 aliphatic heterocycles. The van der Waals surface area contributed by atoms with Crippen LogP contribution in [0.25, 0.3) is 0 Å². The first-order chi connectivity index (χ1) is 6.86.